The minimum atomic E-state index is 0.612. The summed E-state index contributed by atoms with van der Waals surface area (Å²) in [6.07, 6.45) is 5.22. The van der Waals surface area contributed by atoms with Crippen molar-refractivity contribution in [2.75, 3.05) is 13.1 Å². The summed E-state index contributed by atoms with van der Waals surface area (Å²) in [5.74, 6) is 1.64. The molecule has 0 aliphatic rings. The summed E-state index contributed by atoms with van der Waals surface area (Å²) >= 11 is 0. The lowest BCUT2D eigenvalue weighted by molar-refractivity contribution is 0.608. The fourth-order valence-electron chi connectivity index (χ4n) is 2.48. The summed E-state index contributed by atoms with van der Waals surface area (Å²) in [5, 5.41) is 3.48. The van der Waals surface area contributed by atoms with Gasteiger partial charge in [0.25, 0.3) is 0 Å². The summed E-state index contributed by atoms with van der Waals surface area (Å²) in [5.41, 5.74) is 3.89. The van der Waals surface area contributed by atoms with Crippen LogP contribution >= 0.6 is 0 Å². The van der Waals surface area contributed by atoms with Gasteiger partial charge in [-0.25, -0.2) is 9.97 Å². The standard InChI is InChI=1S/C17H31N3/c1-6-10-18-11-9-14-15(7-2)19-17(12-13(4)5)20-16(14)8-3/h13,18H,6-12H2,1-5H3. The van der Waals surface area contributed by atoms with Crippen LogP contribution in [-0.4, -0.2) is 23.1 Å². The van der Waals surface area contributed by atoms with E-state index in [1.165, 1.54) is 23.4 Å². The maximum Gasteiger partial charge on any atom is 0.129 e. The molecule has 0 unspecified atom stereocenters. The SMILES string of the molecule is CCCNCCc1c(CC)nc(CC(C)C)nc1CC. The number of nitrogens with one attached hydrogen (secondary N) is 1. The van der Waals surface area contributed by atoms with Crippen LogP contribution in [0.1, 0.15) is 63.8 Å². The van der Waals surface area contributed by atoms with Crippen LogP contribution in [-0.2, 0) is 25.7 Å². The van der Waals surface area contributed by atoms with Gasteiger partial charge in [0.15, 0.2) is 0 Å². The molecule has 1 heterocycles. The number of hydrogen-bond donors (Lipinski definition) is 1. The first-order chi connectivity index (χ1) is 9.62. The zero-order chi connectivity index (χ0) is 15.0. The maximum absolute atomic E-state index is 4.80. The van der Waals surface area contributed by atoms with Gasteiger partial charge >= 0.3 is 0 Å². The first kappa shape index (κ1) is 17.1. The Balaban J connectivity index is 2.90. The molecule has 0 spiro atoms. The van der Waals surface area contributed by atoms with E-state index in [9.17, 15) is 0 Å². The van der Waals surface area contributed by atoms with E-state index in [4.69, 9.17) is 9.97 Å². The molecule has 0 saturated carbocycles. The van der Waals surface area contributed by atoms with Crippen molar-refractivity contribution in [3.63, 3.8) is 0 Å². The second-order valence-corrected chi connectivity index (χ2v) is 5.82. The van der Waals surface area contributed by atoms with Gasteiger partial charge in [0.2, 0.25) is 0 Å². The zero-order valence-corrected chi connectivity index (χ0v) is 13.9. The van der Waals surface area contributed by atoms with E-state index in [1.807, 2.05) is 0 Å². The third kappa shape index (κ3) is 5.20. The van der Waals surface area contributed by atoms with Crippen molar-refractivity contribution in [3.8, 4) is 0 Å². The van der Waals surface area contributed by atoms with Gasteiger partial charge in [-0.05, 0) is 50.3 Å². The second kappa shape index (κ2) is 9.06. The molecule has 0 aliphatic heterocycles. The van der Waals surface area contributed by atoms with Crippen LogP contribution in [0.3, 0.4) is 0 Å². The van der Waals surface area contributed by atoms with Crippen molar-refractivity contribution in [1.82, 2.24) is 15.3 Å². The quantitative estimate of drug-likeness (QED) is 0.703. The monoisotopic (exact) mass is 277 g/mol. The molecule has 0 aliphatic carbocycles. The van der Waals surface area contributed by atoms with Crippen molar-refractivity contribution in [1.29, 1.82) is 0 Å². The largest absolute Gasteiger partial charge is 0.316 e. The average Bonchev–Trinajstić information content (AvgIpc) is 2.43. The van der Waals surface area contributed by atoms with E-state index in [2.05, 4.69) is 39.9 Å². The maximum atomic E-state index is 4.80. The lowest BCUT2D eigenvalue weighted by atomic mass is 10.0. The second-order valence-electron chi connectivity index (χ2n) is 5.82. The fraction of sp³-hybridized carbons (Fsp3) is 0.765. The average molecular weight is 277 g/mol. The van der Waals surface area contributed by atoms with E-state index >= 15 is 0 Å². The predicted molar refractivity (Wildman–Crippen MR) is 86.2 cm³/mol. The summed E-state index contributed by atoms with van der Waals surface area (Å²) in [7, 11) is 0. The molecule has 0 saturated heterocycles. The summed E-state index contributed by atoms with van der Waals surface area (Å²) in [6.45, 7) is 13.2. The van der Waals surface area contributed by atoms with Crippen molar-refractivity contribution >= 4 is 0 Å². The molecule has 1 N–H and O–H groups in total. The predicted octanol–water partition coefficient (Wildman–Crippen LogP) is 3.34. The van der Waals surface area contributed by atoms with Gasteiger partial charge in [-0.1, -0.05) is 34.6 Å². The van der Waals surface area contributed by atoms with Gasteiger partial charge in [-0.3, -0.25) is 0 Å². The summed E-state index contributed by atoms with van der Waals surface area (Å²) in [6, 6.07) is 0. The lowest BCUT2D eigenvalue weighted by Gasteiger charge is -2.15. The highest BCUT2D eigenvalue weighted by molar-refractivity contribution is 5.27. The minimum absolute atomic E-state index is 0.612. The fourth-order valence-corrected chi connectivity index (χ4v) is 2.48. The van der Waals surface area contributed by atoms with Gasteiger partial charge in [-0.2, -0.15) is 0 Å². The third-order valence-corrected chi connectivity index (χ3v) is 3.46. The molecule has 3 heteroatoms. The van der Waals surface area contributed by atoms with Crippen LogP contribution in [0.4, 0.5) is 0 Å². The van der Waals surface area contributed by atoms with Crippen LogP contribution in [0.5, 0.6) is 0 Å². The molecule has 0 radical (unpaired) electrons. The Bertz CT molecular complexity index is 374. The molecular weight excluding hydrogens is 246 g/mol. The highest BCUT2D eigenvalue weighted by Gasteiger charge is 2.12. The summed E-state index contributed by atoms with van der Waals surface area (Å²) in [4.78, 5) is 9.60. The molecule has 0 fully saturated rings. The number of aromatic nitrogens is 2. The van der Waals surface area contributed by atoms with Crippen molar-refractivity contribution < 1.29 is 0 Å². The summed E-state index contributed by atoms with van der Waals surface area (Å²) < 4.78 is 0. The van der Waals surface area contributed by atoms with E-state index in [1.54, 1.807) is 0 Å². The molecule has 1 rings (SSSR count). The van der Waals surface area contributed by atoms with E-state index in [0.29, 0.717) is 5.92 Å². The van der Waals surface area contributed by atoms with Crippen LogP contribution in [0, 0.1) is 5.92 Å². The molecule has 1 aromatic heterocycles. The highest BCUT2D eigenvalue weighted by Crippen LogP contribution is 2.16. The number of hydrogen-bond acceptors (Lipinski definition) is 3. The van der Waals surface area contributed by atoms with E-state index in [0.717, 1.165) is 44.6 Å². The van der Waals surface area contributed by atoms with Crippen LogP contribution < -0.4 is 5.32 Å². The molecule has 3 nitrogen and oxygen atoms in total. The third-order valence-electron chi connectivity index (χ3n) is 3.46. The molecule has 0 aromatic carbocycles. The number of rotatable bonds is 9. The Morgan fingerprint density at radius 2 is 1.55 bits per heavy atom. The zero-order valence-electron chi connectivity index (χ0n) is 13.9. The van der Waals surface area contributed by atoms with Crippen molar-refractivity contribution in [2.24, 2.45) is 5.92 Å². The van der Waals surface area contributed by atoms with Gasteiger partial charge in [-0.15, -0.1) is 0 Å². The van der Waals surface area contributed by atoms with Gasteiger partial charge < -0.3 is 5.32 Å². The Hall–Kier alpha value is -0.960. The molecular formula is C17H31N3. The molecule has 1 aromatic rings. The highest BCUT2D eigenvalue weighted by atomic mass is 14.9. The molecule has 0 amide bonds. The topological polar surface area (TPSA) is 37.8 Å². The van der Waals surface area contributed by atoms with Gasteiger partial charge in [0.1, 0.15) is 5.82 Å². The first-order valence-corrected chi connectivity index (χ1v) is 8.20. The normalized spacial score (nSPS) is 11.3. The Morgan fingerprint density at radius 1 is 0.950 bits per heavy atom. The number of nitrogens with zero attached hydrogens (tertiary/aromatic N) is 2. The van der Waals surface area contributed by atoms with Crippen molar-refractivity contribution in [3.05, 3.63) is 22.8 Å². The molecule has 0 bridgehead atoms. The Kier molecular flexibility index (Phi) is 7.75. The lowest BCUT2D eigenvalue weighted by Crippen LogP contribution is -2.20. The molecule has 0 atom stereocenters. The minimum Gasteiger partial charge on any atom is -0.316 e. The first-order valence-electron chi connectivity index (χ1n) is 8.20. The molecule has 20 heavy (non-hydrogen) atoms. The van der Waals surface area contributed by atoms with Crippen LogP contribution in [0.2, 0.25) is 0 Å². The number of aryl methyl sites for hydroxylation is 2. The molecule has 114 valence electrons. The Labute approximate surface area is 124 Å². The van der Waals surface area contributed by atoms with Crippen LogP contribution in [0.25, 0.3) is 0 Å². The van der Waals surface area contributed by atoms with Gasteiger partial charge in [0, 0.05) is 17.8 Å². The Morgan fingerprint density at radius 3 is 2.00 bits per heavy atom. The smallest absolute Gasteiger partial charge is 0.129 e. The van der Waals surface area contributed by atoms with Crippen LogP contribution in [0.15, 0.2) is 0 Å². The van der Waals surface area contributed by atoms with Gasteiger partial charge in [0.05, 0.1) is 0 Å². The van der Waals surface area contributed by atoms with Crippen molar-refractivity contribution in [2.45, 2.75) is 66.7 Å². The van der Waals surface area contributed by atoms with E-state index < -0.39 is 0 Å². The van der Waals surface area contributed by atoms with E-state index in [-0.39, 0.29) is 0 Å².